The molecule has 0 saturated heterocycles. The number of carbonyl (C=O) groups excluding carboxylic acids is 1. The van der Waals surface area contributed by atoms with E-state index in [1.807, 2.05) is 25.1 Å². The minimum atomic E-state index is 0.0167. The van der Waals surface area contributed by atoms with Gasteiger partial charge in [-0.25, -0.2) is 0 Å². The Hall–Kier alpha value is -1.79. The zero-order valence-corrected chi connectivity index (χ0v) is 12.9. The topological polar surface area (TPSA) is 55.1 Å². The molecule has 1 aromatic carbocycles. The van der Waals surface area contributed by atoms with Gasteiger partial charge in [-0.3, -0.25) is 4.79 Å². The van der Waals surface area contributed by atoms with Gasteiger partial charge in [-0.2, -0.15) is 0 Å². The van der Waals surface area contributed by atoms with Crippen molar-refractivity contribution < 1.29 is 4.79 Å². The van der Waals surface area contributed by atoms with E-state index in [9.17, 15) is 4.79 Å². The highest BCUT2D eigenvalue weighted by Gasteiger charge is 2.21. The van der Waals surface area contributed by atoms with E-state index in [4.69, 9.17) is 5.73 Å². The van der Waals surface area contributed by atoms with Gasteiger partial charge in [-0.15, -0.1) is 0 Å². The first-order valence-electron chi connectivity index (χ1n) is 7.71. The van der Waals surface area contributed by atoms with E-state index >= 15 is 0 Å². The fourth-order valence-electron chi connectivity index (χ4n) is 2.99. The maximum Gasteiger partial charge on any atom is 0.251 e. The van der Waals surface area contributed by atoms with E-state index < -0.39 is 0 Å². The Morgan fingerprint density at radius 3 is 2.95 bits per heavy atom. The number of carbonyl (C=O) groups is 1. The lowest BCUT2D eigenvalue weighted by molar-refractivity contribution is 0.0920. The van der Waals surface area contributed by atoms with Crippen molar-refractivity contribution in [3.05, 3.63) is 34.9 Å². The number of hydrogen-bond donors (Lipinski definition) is 2. The van der Waals surface area contributed by atoms with Crippen LogP contribution in [-0.2, 0) is 0 Å². The number of nitrogens with two attached hydrogens (primary N) is 1. The van der Waals surface area contributed by atoms with Crippen LogP contribution in [0.3, 0.4) is 0 Å². The summed E-state index contributed by atoms with van der Waals surface area (Å²) in [4.78, 5) is 12.5. The number of rotatable bonds is 2. The number of hydrogen-bond acceptors (Lipinski definition) is 2. The summed E-state index contributed by atoms with van der Waals surface area (Å²) >= 11 is 0. The SMILES string of the molecule is Cc1c(C#CCN)cccc1C(=O)NC1CCCC(C)C1. The van der Waals surface area contributed by atoms with Crippen molar-refractivity contribution in [1.82, 2.24) is 5.32 Å². The summed E-state index contributed by atoms with van der Waals surface area (Å²) in [7, 11) is 0. The standard InChI is InChI=1S/C18H24N2O/c1-13-6-3-9-16(12-13)20-18(21)17-10-4-7-15(14(17)2)8-5-11-19/h4,7,10,13,16H,3,6,9,11-12,19H2,1-2H3,(H,20,21). The second-order valence-corrected chi connectivity index (χ2v) is 5.93. The van der Waals surface area contributed by atoms with Crippen molar-refractivity contribution in [2.24, 2.45) is 11.7 Å². The first-order valence-corrected chi connectivity index (χ1v) is 7.71. The molecule has 0 heterocycles. The van der Waals surface area contributed by atoms with Crippen LogP contribution in [0.2, 0.25) is 0 Å². The lowest BCUT2D eigenvalue weighted by Gasteiger charge is -2.27. The smallest absolute Gasteiger partial charge is 0.251 e. The molecule has 112 valence electrons. The predicted molar refractivity (Wildman–Crippen MR) is 86.0 cm³/mol. The molecule has 1 saturated carbocycles. The highest BCUT2D eigenvalue weighted by atomic mass is 16.1. The molecule has 1 aromatic rings. The van der Waals surface area contributed by atoms with Gasteiger partial charge in [0.1, 0.15) is 0 Å². The third kappa shape index (κ3) is 4.09. The van der Waals surface area contributed by atoms with E-state index in [-0.39, 0.29) is 5.91 Å². The fourth-order valence-corrected chi connectivity index (χ4v) is 2.99. The van der Waals surface area contributed by atoms with Gasteiger partial charge < -0.3 is 11.1 Å². The number of benzene rings is 1. The van der Waals surface area contributed by atoms with E-state index in [0.29, 0.717) is 18.5 Å². The summed E-state index contributed by atoms with van der Waals surface area (Å²) in [5, 5.41) is 3.18. The molecule has 0 bridgehead atoms. The maximum absolute atomic E-state index is 12.5. The molecule has 1 aliphatic carbocycles. The Bertz CT molecular complexity index is 568. The summed E-state index contributed by atoms with van der Waals surface area (Å²) in [6, 6.07) is 5.98. The lowest BCUT2D eigenvalue weighted by Crippen LogP contribution is -2.38. The Morgan fingerprint density at radius 2 is 2.24 bits per heavy atom. The van der Waals surface area contributed by atoms with Crippen molar-refractivity contribution in [2.75, 3.05) is 6.54 Å². The van der Waals surface area contributed by atoms with Crippen LogP contribution in [0, 0.1) is 24.7 Å². The molecular formula is C18H24N2O. The Balaban J connectivity index is 2.12. The van der Waals surface area contributed by atoms with Crippen molar-refractivity contribution in [1.29, 1.82) is 0 Å². The molecule has 0 radical (unpaired) electrons. The van der Waals surface area contributed by atoms with Crippen LogP contribution in [0.15, 0.2) is 18.2 Å². The summed E-state index contributed by atoms with van der Waals surface area (Å²) < 4.78 is 0. The highest BCUT2D eigenvalue weighted by molar-refractivity contribution is 5.96. The number of amides is 1. The molecule has 1 aliphatic rings. The van der Waals surface area contributed by atoms with E-state index in [0.717, 1.165) is 29.5 Å². The Morgan fingerprint density at radius 1 is 1.43 bits per heavy atom. The second-order valence-electron chi connectivity index (χ2n) is 5.93. The fraction of sp³-hybridized carbons (Fsp3) is 0.500. The molecule has 0 spiro atoms. The van der Waals surface area contributed by atoms with Crippen molar-refractivity contribution in [2.45, 2.75) is 45.6 Å². The molecule has 3 heteroatoms. The quantitative estimate of drug-likeness (QED) is 0.820. The Labute approximate surface area is 127 Å². The van der Waals surface area contributed by atoms with Crippen LogP contribution in [0.1, 0.15) is 54.1 Å². The average Bonchev–Trinajstić information content (AvgIpc) is 2.46. The average molecular weight is 284 g/mol. The zero-order chi connectivity index (χ0) is 15.2. The molecule has 0 aromatic heterocycles. The van der Waals surface area contributed by atoms with Crippen molar-refractivity contribution in [3.63, 3.8) is 0 Å². The largest absolute Gasteiger partial charge is 0.349 e. The summed E-state index contributed by atoms with van der Waals surface area (Å²) in [5.74, 6) is 6.59. The minimum absolute atomic E-state index is 0.0167. The van der Waals surface area contributed by atoms with Crippen molar-refractivity contribution in [3.8, 4) is 11.8 Å². The van der Waals surface area contributed by atoms with E-state index in [1.54, 1.807) is 0 Å². The van der Waals surface area contributed by atoms with Crippen LogP contribution in [0.5, 0.6) is 0 Å². The minimum Gasteiger partial charge on any atom is -0.349 e. The van der Waals surface area contributed by atoms with Gasteiger partial charge in [0.05, 0.1) is 6.54 Å². The third-order valence-corrected chi connectivity index (χ3v) is 4.18. The molecule has 1 fully saturated rings. The normalized spacial score (nSPS) is 21.3. The summed E-state index contributed by atoms with van der Waals surface area (Å²) in [6.07, 6.45) is 4.64. The van der Waals surface area contributed by atoms with Gasteiger partial charge in [0, 0.05) is 17.2 Å². The maximum atomic E-state index is 12.5. The molecule has 0 aliphatic heterocycles. The first-order chi connectivity index (χ1) is 10.1. The van der Waals surface area contributed by atoms with Crippen LogP contribution in [0.25, 0.3) is 0 Å². The van der Waals surface area contributed by atoms with Gasteiger partial charge in [0.2, 0.25) is 0 Å². The summed E-state index contributed by atoms with van der Waals surface area (Å²) in [5.41, 5.74) is 7.94. The van der Waals surface area contributed by atoms with Crippen LogP contribution < -0.4 is 11.1 Å². The van der Waals surface area contributed by atoms with Crippen molar-refractivity contribution >= 4 is 5.91 Å². The molecule has 2 unspecified atom stereocenters. The molecule has 1 amide bonds. The van der Waals surface area contributed by atoms with E-state index in [1.165, 1.54) is 12.8 Å². The first kappa shape index (κ1) is 15.6. The second kappa shape index (κ2) is 7.28. The zero-order valence-electron chi connectivity index (χ0n) is 12.9. The summed E-state index contributed by atoms with van der Waals surface area (Å²) in [6.45, 7) is 4.53. The van der Waals surface area contributed by atoms with Gasteiger partial charge in [-0.05, 0) is 43.4 Å². The molecular weight excluding hydrogens is 260 g/mol. The van der Waals surface area contributed by atoms with Gasteiger partial charge in [0.15, 0.2) is 0 Å². The molecule has 21 heavy (non-hydrogen) atoms. The molecule has 2 rings (SSSR count). The molecule has 3 N–H and O–H groups in total. The number of nitrogens with one attached hydrogen (secondary N) is 1. The molecule has 3 nitrogen and oxygen atoms in total. The highest BCUT2D eigenvalue weighted by Crippen LogP contribution is 2.24. The van der Waals surface area contributed by atoms with Gasteiger partial charge in [-0.1, -0.05) is 37.7 Å². The van der Waals surface area contributed by atoms with E-state index in [2.05, 4.69) is 24.1 Å². The van der Waals surface area contributed by atoms with Crippen LogP contribution >= 0.6 is 0 Å². The van der Waals surface area contributed by atoms with Crippen LogP contribution in [-0.4, -0.2) is 18.5 Å². The predicted octanol–water partition coefficient (Wildman–Crippen LogP) is 2.61. The lowest BCUT2D eigenvalue weighted by atomic mass is 9.87. The van der Waals surface area contributed by atoms with Crippen LogP contribution in [0.4, 0.5) is 0 Å². The van der Waals surface area contributed by atoms with Gasteiger partial charge in [0.25, 0.3) is 5.91 Å². The monoisotopic (exact) mass is 284 g/mol. The Kier molecular flexibility index (Phi) is 5.41. The molecule has 2 atom stereocenters. The third-order valence-electron chi connectivity index (χ3n) is 4.18. The van der Waals surface area contributed by atoms with Gasteiger partial charge >= 0.3 is 0 Å².